The molecule has 0 radical (unpaired) electrons. The molecule has 1 aliphatic rings. The van der Waals surface area contributed by atoms with Crippen molar-refractivity contribution in [2.24, 2.45) is 5.92 Å². The van der Waals surface area contributed by atoms with Crippen LogP contribution in [0.25, 0.3) is 0 Å². The number of rotatable bonds is 0. The first-order valence-electron chi connectivity index (χ1n) is 3.06. The predicted octanol–water partition coefficient (Wildman–Crippen LogP) is 0.138. The smallest absolute Gasteiger partial charge is 0.0591 e. The predicted molar refractivity (Wildman–Crippen MR) is 30.4 cm³/mol. The number of aliphatic hydroxyl groups excluding tert-OH is 2. The van der Waals surface area contributed by atoms with Crippen molar-refractivity contribution in [2.75, 3.05) is 0 Å². The van der Waals surface area contributed by atoms with Gasteiger partial charge in [-0.25, -0.2) is 0 Å². The van der Waals surface area contributed by atoms with Gasteiger partial charge in [-0.3, -0.25) is 0 Å². The van der Waals surface area contributed by atoms with E-state index < -0.39 is 0 Å². The highest BCUT2D eigenvalue weighted by atomic mass is 16.3. The van der Waals surface area contributed by atoms with Crippen LogP contribution in [0.1, 0.15) is 19.8 Å². The molecule has 1 aliphatic carbocycles. The summed E-state index contributed by atoms with van der Waals surface area (Å²) in [5.41, 5.74) is 0. The second kappa shape index (κ2) is 2.03. The van der Waals surface area contributed by atoms with Gasteiger partial charge in [0.2, 0.25) is 0 Å². The quantitative estimate of drug-likeness (QED) is 0.472. The monoisotopic (exact) mass is 116 g/mol. The Morgan fingerprint density at radius 1 is 1.25 bits per heavy atom. The third-order valence-electron chi connectivity index (χ3n) is 1.81. The van der Waals surface area contributed by atoms with Gasteiger partial charge >= 0.3 is 0 Å². The van der Waals surface area contributed by atoms with E-state index in [1.54, 1.807) is 0 Å². The van der Waals surface area contributed by atoms with Crippen molar-refractivity contribution in [2.45, 2.75) is 32.0 Å². The molecule has 2 N–H and O–H groups in total. The van der Waals surface area contributed by atoms with Crippen LogP contribution in [0, 0.1) is 5.92 Å². The lowest BCUT2D eigenvalue weighted by molar-refractivity contribution is 0.124. The molecule has 0 heterocycles. The first-order valence-corrected chi connectivity index (χ1v) is 3.06. The second-order valence-corrected chi connectivity index (χ2v) is 2.67. The molecule has 48 valence electrons. The van der Waals surface area contributed by atoms with Gasteiger partial charge in [-0.15, -0.1) is 0 Å². The molecular formula is C6H12O2. The van der Waals surface area contributed by atoms with Crippen molar-refractivity contribution in [3.05, 3.63) is 0 Å². The Morgan fingerprint density at radius 3 is 2.00 bits per heavy atom. The summed E-state index contributed by atoms with van der Waals surface area (Å²) in [5, 5.41) is 17.9. The molecule has 0 amide bonds. The van der Waals surface area contributed by atoms with Crippen molar-refractivity contribution < 1.29 is 10.2 Å². The average molecular weight is 116 g/mol. The first-order chi connectivity index (χ1) is 3.70. The van der Waals surface area contributed by atoms with Crippen LogP contribution < -0.4 is 0 Å². The van der Waals surface area contributed by atoms with Crippen molar-refractivity contribution in [3.63, 3.8) is 0 Å². The molecule has 0 aliphatic heterocycles. The van der Waals surface area contributed by atoms with Gasteiger partial charge in [-0.1, -0.05) is 6.92 Å². The Hall–Kier alpha value is -0.0800. The van der Waals surface area contributed by atoms with E-state index in [-0.39, 0.29) is 12.2 Å². The van der Waals surface area contributed by atoms with Gasteiger partial charge in [0.15, 0.2) is 0 Å². The first kappa shape index (κ1) is 6.05. The Kier molecular flexibility index (Phi) is 1.54. The molecule has 1 rings (SSSR count). The maximum atomic E-state index is 9.01. The summed E-state index contributed by atoms with van der Waals surface area (Å²) in [4.78, 5) is 0. The summed E-state index contributed by atoms with van der Waals surface area (Å²) < 4.78 is 0. The molecule has 2 heteroatoms. The highest BCUT2D eigenvalue weighted by molar-refractivity contribution is 4.79. The Bertz CT molecular complexity index is 72.6. The Labute approximate surface area is 49.1 Å². The van der Waals surface area contributed by atoms with Crippen molar-refractivity contribution >= 4 is 0 Å². The molecule has 3 atom stereocenters. The van der Waals surface area contributed by atoms with Gasteiger partial charge < -0.3 is 10.2 Å². The van der Waals surface area contributed by atoms with Gasteiger partial charge in [-0.05, 0) is 18.8 Å². The molecule has 1 fully saturated rings. The molecule has 0 spiro atoms. The summed E-state index contributed by atoms with van der Waals surface area (Å²) in [5.74, 6) is 0.296. The van der Waals surface area contributed by atoms with E-state index in [2.05, 4.69) is 0 Å². The minimum atomic E-state index is -0.259. The number of aliphatic hydroxyl groups is 2. The molecule has 2 nitrogen and oxygen atoms in total. The van der Waals surface area contributed by atoms with Crippen LogP contribution in [0.2, 0.25) is 0 Å². The van der Waals surface area contributed by atoms with Gasteiger partial charge in [0.25, 0.3) is 0 Å². The Morgan fingerprint density at radius 2 is 1.88 bits per heavy atom. The standard InChI is InChI=1S/C6H12O2/c1-4-2-5(7)3-6(4)8/h4-8H,2-3H2,1H3/t4-,5-,6-/m1/s1. The van der Waals surface area contributed by atoms with Crippen molar-refractivity contribution in [3.8, 4) is 0 Å². The molecule has 0 saturated heterocycles. The summed E-state index contributed by atoms with van der Waals surface area (Å²) in [6, 6.07) is 0. The topological polar surface area (TPSA) is 40.5 Å². The van der Waals surface area contributed by atoms with E-state index >= 15 is 0 Å². The number of hydrogen-bond acceptors (Lipinski definition) is 2. The van der Waals surface area contributed by atoms with Crippen molar-refractivity contribution in [1.82, 2.24) is 0 Å². The zero-order valence-electron chi connectivity index (χ0n) is 5.04. The molecule has 1 saturated carbocycles. The van der Waals surface area contributed by atoms with E-state index in [1.807, 2.05) is 6.92 Å². The molecule has 0 bridgehead atoms. The fourth-order valence-corrected chi connectivity index (χ4v) is 1.19. The van der Waals surface area contributed by atoms with Crippen LogP contribution in [-0.4, -0.2) is 22.4 Å². The lowest BCUT2D eigenvalue weighted by atomic mass is 10.1. The summed E-state index contributed by atoms with van der Waals surface area (Å²) in [6.07, 6.45) is 0.826. The van der Waals surface area contributed by atoms with Crippen LogP contribution in [-0.2, 0) is 0 Å². The normalized spacial score (nSPS) is 47.6. The average Bonchev–Trinajstić information content (AvgIpc) is 1.85. The third-order valence-corrected chi connectivity index (χ3v) is 1.81. The molecule has 0 aromatic rings. The van der Waals surface area contributed by atoms with E-state index in [1.165, 1.54) is 0 Å². The largest absolute Gasteiger partial charge is 0.393 e. The van der Waals surface area contributed by atoms with Gasteiger partial charge in [0.1, 0.15) is 0 Å². The summed E-state index contributed by atoms with van der Waals surface area (Å²) >= 11 is 0. The highest BCUT2D eigenvalue weighted by Crippen LogP contribution is 2.24. The van der Waals surface area contributed by atoms with Gasteiger partial charge in [0, 0.05) is 0 Å². The minimum Gasteiger partial charge on any atom is -0.393 e. The fourth-order valence-electron chi connectivity index (χ4n) is 1.19. The number of hydrogen-bond donors (Lipinski definition) is 2. The third kappa shape index (κ3) is 1.01. The molecule has 0 unspecified atom stereocenters. The summed E-state index contributed by atoms with van der Waals surface area (Å²) in [6.45, 7) is 1.96. The maximum absolute atomic E-state index is 9.01. The van der Waals surface area contributed by atoms with Crippen LogP contribution >= 0.6 is 0 Å². The van der Waals surface area contributed by atoms with E-state index in [0.717, 1.165) is 6.42 Å². The van der Waals surface area contributed by atoms with Crippen molar-refractivity contribution in [1.29, 1.82) is 0 Å². The van der Waals surface area contributed by atoms with Crippen LogP contribution in [0.4, 0.5) is 0 Å². The molecule has 0 aromatic heterocycles. The second-order valence-electron chi connectivity index (χ2n) is 2.67. The lowest BCUT2D eigenvalue weighted by Gasteiger charge is -2.03. The van der Waals surface area contributed by atoms with Crippen LogP contribution in [0.15, 0.2) is 0 Å². The van der Waals surface area contributed by atoms with Gasteiger partial charge in [0.05, 0.1) is 12.2 Å². The highest BCUT2D eigenvalue weighted by Gasteiger charge is 2.27. The zero-order chi connectivity index (χ0) is 6.15. The minimum absolute atomic E-state index is 0.250. The molecule has 0 aromatic carbocycles. The van der Waals surface area contributed by atoms with E-state index in [9.17, 15) is 0 Å². The lowest BCUT2D eigenvalue weighted by Crippen LogP contribution is -2.08. The fraction of sp³-hybridized carbons (Fsp3) is 1.00. The zero-order valence-corrected chi connectivity index (χ0v) is 5.04. The van der Waals surface area contributed by atoms with E-state index in [0.29, 0.717) is 12.3 Å². The molecule has 8 heavy (non-hydrogen) atoms. The van der Waals surface area contributed by atoms with Gasteiger partial charge in [-0.2, -0.15) is 0 Å². The van der Waals surface area contributed by atoms with Crippen LogP contribution in [0.5, 0.6) is 0 Å². The molecular weight excluding hydrogens is 104 g/mol. The summed E-state index contributed by atoms with van der Waals surface area (Å²) in [7, 11) is 0. The van der Waals surface area contributed by atoms with E-state index in [4.69, 9.17) is 10.2 Å². The Balaban J connectivity index is 2.39. The SMILES string of the molecule is C[C@@H]1C[C@@H](O)C[C@H]1O. The van der Waals surface area contributed by atoms with Crippen LogP contribution in [0.3, 0.4) is 0 Å². The maximum Gasteiger partial charge on any atom is 0.0591 e.